The van der Waals surface area contributed by atoms with Crippen LogP contribution in [0.25, 0.3) is 0 Å². The van der Waals surface area contributed by atoms with E-state index in [9.17, 15) is 13.2 Å². The molecule has 0 aromatic heterocycles. The fourth-order valence-corrected chi connectivity index (χ4v) is 5.39. The average molecular weight is 568 g/mol. The monoisotopic (exact) mass is 567 g/mol. The Labute approximate surface area is 244 Å². The number of unbranched alkanes of at least 4 members (excludes halogenated alkanes) is 1. The van der Waals surface area contributed by atoms with Crippen molar-refractivity contribution in [2.75, 3.05) is 5.32 Å². The lowest BCUT2D eigenvalue weighted by Gasteiger charge is -2.24. The normalized spacial score (nSPS) is 13.6. The topological polar surface area (TPSA) is 12.0 Å². The van der Waals surface area contributed by atoms with Gasteiger partial charge in [-0.05, 0) is 129 Å². The quantitative estimate of drug-likeness (QED) is 0.203. The van der Waals surface area contributed by atoms with Gasteiger partial charge in [-0.1, -0.05) is 52.3 Å². The summed E-state index contributed by atoms with van der Waals surface area (Å²) in [6.45, 7) is 17.6. The molecule has 0 amide bonds. The highest BCUT2D eigenvalue weighted by atomic mass is 19.1. The van der Waals surface area contributed by atoms with Crippen molar-refractivity contribution in [1.82, 2.24) is 0 Å². The summed E-state index contributed by atoms with van der Waals surface area (Å²) in [4.78, 5) is 0. The smallest absolute Gasteiger partial charge is 0.129 e. The second-order valence-corrected chi connectivity index (χ2v) is 11.9. The van der Waals surface area contributed by atoms with Gasteiger partial charge in [-0.15, -0.1) is 0 Å². The van der Waals surface area contributed by atoms with E-state index in [2.05, 4.69) is 25.7 Å². The number of allylic oxidation sites excluding steroid dienone is 1. The zero-order valence-electron chi connectivity index (χ0n) is 25.7. The molecule has 5 heteroatoms. The number of benzene rings is 3. The van der Waals surface area contributed by atoms with Crippen molar-refractivity contribution >= 4 is 5.69 Å². The van der Waals surface area contributed by atoms with Gasteiger partial charge in [0.05, 0.1) is 0 Å². The Balaban J connectivity index is 1.92. The molecule has 0 heterocycles. The maximum absolute atomic E-state index is 15.8. The molecule has 3 aromatic rings. The van der Waals surface area contributed by atoms with Crippen molar-refractivity contribution in [2.45, 2.75) is 98.8 Å². The zero-order chi connectivity index (χ0) is 30.4. The summed E-state index contributed by atoms with van der Waals surface area (Å²) in [6.07, 6.45) is 4.58. The minimum Gasteiger partial charge on any atom is -0.359 e. The number of nitrogens with one attached hydrogen (secondary N) is 1. The van der Waals surface area contributed by atoms with Gasteiger partial charge in [0, 0.05) is 16.9 Å². The third kappa shape index (κ3) is 8.24. The lowest BCUT2D eigenvalue weighted by atomic mass is 9.83. The van der Waals surface area contributed by atoms with Crippen LogP contribution in [0.5, 0.6) is 0 Å². The van der Waals surface area contributed by atoms with E-state index in [1.54, 1.807) is 6.07 Å². The summed E-state index contributed by atoms with van der Waals surface area (Å²) >= 11 is 0. The molecular weight excluding hydrogens is 522 g/mol. The average Bonchev–Trinajstić information content (AvgIpc) is 2.91. The Morgan fingerprint density at radius 2 is 1.32 bits per heavy atom. The predicted octanol–water partition coefficient (Wildman–Crippen LogP) is 11.1. The fraction of sp³-hybridized carbons (Fsp3) is 0.444. The molecule has 1 N–H and O–H groups in total. The number of hydrogen-bond donors (Lipinski definition) is 1. The van der Waals surface area contributed by atoms with Gasteiger partial charge in [0.15, 0.2) is 0 Å². The molecule has 0 aliphatic heterocycles. The first-order valence-corrected chi connectivity index (χ1v) is 14.8. The summed E-state index contributed by atoms with van der Waals surface area (Å²) in [6, 6.07) is 9.43. The third-order valence-electron chi connectivity index (χ3n) is 8.58. The van der Waals surface area contributed by atoms with E-state index in [1.165, 1.54) is 25.1 Å². The lowest BCUT2D eigenvalue weighted by Crippen LogP contribution is -2.12. The summed E-state index contributed by atoms with van der Waals surface area (Å²) < 4.78 is 59.5. The van der Waals surface area contributed by atoms with Gasteiger partial charge in [0.25, 0.3) is 0 Å². The maximum atomic E-state index is 15.8. The van der Waals surface area contributed by atoms with E-state index in [4.69, 9.17) is 0 Å². The first-order valence-electron chi connectivity index (χ1n) is 14.8. The molecule has 0 saturated heterocycles. The van der Waals surface area contributed by atoms with E-state index in [0.717, 1.165) is 41.6 Å². The molecule has 0 spiro atoms. The van der Waals surface area contributed by atoms with Crippen molar-refractivity contribution in [3.63, 3.8) is 0 Å². The van der Waals surface area contributed by atoms with Crippen LogP contribution in [0.2, 0.25) is 0 Å². The fourth-order valence-electron chi connectivity index (χ4n) is 5.39. The molecule has 0 saturated carbocycles. The summed E-state index contributed by atoms with van der Waals surface area (Å²) in [5.74, 6) is -2.06. The van der Waals surface area contributed by atoms with Crippen LogP contribution in [0.15, 0.2) is 48.7 Å². The van der Waals surface area contributed by atoms with Crippen molar-refractivity contribution in [3.8, 4) is 0 Å². The molecule has 3 atom stereocenters. The van der Waals surface area contributed by atoms with Gasteiger partial charge < -0.3 is 5.32 Å². The highest BCUT2D eigenvalue weighted by molar-refractivity contribution is 5.56. The molecule has 2 unspecified atom stereocenters. The second kappa shape index (κ2) is 14.2. The molecule has 0 fully saturated rings. The van der Waals surface area contributed by atoms with E-state index in [1.807, 2.05) is 39.8 Å². The third-order valence-corrected chi connectivity index (χ3v) is 8.58. The summed E-state index contributed by atoms with van der Waals surface area (Å²) in [7, 11) is 0. The number of aryl methyl sites for hydroxylation is 3. The van der Waals surface area contributed by atoms with Gasteiger partial charge in [-0.2, -0.15) is 0 Å². The van der Waals surface area contributed by atoms with Crippen molar-refractivity contribution in [2.24, 2.45) is 5.92 Å². The number of rotatable bonds is 13. The maximum Gasteiger partial charge on any atom is 0.129 e. The van der Waals surface area contributed by atoms with Crippen LogP contribution in [-0.2, 0) is 6.42 Å². The molecule has 0 aliphatic rings. The van der Waals surface area contributed by atoms with Gasteiger partial charge in [-0.3, -0.25) is 0 Å². The molecule has 0 aliphatic carbocycles. The molecule has 0 radical (unpaired) electrons. The standard InChI is InChI=1S/C36H45F4N/c1-9-10-11-21(2)27(8)41-36-20-35(40)31(15-25(36)6)29(17-28-18-32(37)26(7)33(38)19-28)13-12-22(3)30-14-23(4)24(5)16-34(30)39/h14-16,18-22,29,41H,8-13,17H2,1-7H3/t21-,22?,29?/m0/s1. The molecular formula is C36H45F4N. The van der Waals surface area contributed by atoms with Gasteiger partial charge in [-0.25, -0.2) is 17.6 Å². The van der Waals surface area contributed by atoms with E-state index < -0.39 is 11.6 Å². The molecule has 3 aromatic carbocycles. The minimum atomic E-state index is -0.615. The minimum absolute atomic E-state index is 0.0324. The first-order chi connectivity index (χ1) is 19.3. The largest absolute Gasteiger partial charge is 0.359 e. The predicted molar refractivity (Wildman–Crippen MR) is 164 cm³/mol. The Kier molecular flexibility index (Phi) is 11.2. The highest BCUT2D eigenvalue weighted by Gasteiger charge is 2.23. The van der Waals surface area contributed by atoms with Crippen molar-refractivity contribution in [3.05, 3.63) is 111 Å². The van der Waals surface area contributed by atoms with E-state index in [-0.39, 0.29) is 41.4 Å². The Bertz CT molecular complexity index is 1350. The molecule has 1 nitrogen and oxygen atoms in total. The molecule has 41 heavy (non-hydrogen) atoms. The summed E-state index contributed by atoms with van der Waals surface area (Å²) in [5, 5.41) is 3.31. The Morgan fingerprint density at radius 1 is 0.732 bits per heavy atom. The van der Waals surface area contributed by atoms with E-state index >= 15 is 4.39 Å². The molecule has 222 valence electrons. The van der Waals surface area contributed by atoms with Crippen LogP contribution in [0.4, 0.5) is 23.2 Å². The van der Waals surface area contributed by atoms with Gasteiger partial charge in [0.1, 0.15) is 23.3 Å². The van der Waals surface area contributed by atoms with Crippen LogP contribution < -0.4 is 5.32 Å². The Hall–Kier alpha value is -3.08. The highest BCUT2D eigenvalue weighted by Crippen LogP contribution is 2.36. The first kappa shape index (κ1) is 32.4. The number of hydrogen-bond acceptors (Lipinski definition) is 1. The zero-order valence-corrected chi connectivity index (χ0v) is 25.7. The second-order valence-electron chi connectivity index (χ2n) is 11.9. The summed E-state index contributed by atoms with van der Waals surface area (Å²) in [5.41, 5.74) is 5.85. The molecule has 0 bridgehead atoms. The van der Waals surface area contributed by atoms with Gasteiger partial charge in [0.2, 0.25) is 0 Å². The van der Waals surface area contributed by atoms with Crippen molar-refractivity contribution in [1.29, 1.82) is 0 Å². The molecule has 3 rings (SSSR count). The van der Waals surface area contributed by atoms with Crippen LogP contribution in [0.1, 0.15) is 104 Å². The Morgan fingerprint density at radius 3 is 1.95 bits per heavy atom. The van der Waals surface area contributed by atoms with Crippen molar-refractivity contribution < 1.29 is 17.6 Å². The lowest BCUT2D eigenvalue weighted by molar-refractivity contribution is 0.498. The van der Waals surface area contributed by atoms with Crippen LogP contribution in [0, 0.1) is 56.9 Å². The van der Waals surface area contributed by atoms with Crippen LogP contribution >= 0.6 is 0 Å². The van der Waals surface area contributed by atoms with Crippen LogP contribution in [-0.4, -0.2) is 0 Å². The van der Waals surface area contributed by atoms with E-state index in [0.29, 0.717) is 35.2 Å². The van der Waals surface area contributed by atoms with Gasteiger partial charge >= 0.3 is 0 Å². The number of anilines is 1. The van der Waals surface area contributed by atoms with Crippen LogP contribution in [0.3, 0.4) is 0 Å². The number of halogens is 4. The SMILES string of the molecule is C=C(Nc1cc(F)c(C(CCC(C)c2cc(C)c(C)cc2F)Cc2cc(F)c(C)c(F)c2)cc1C)[C@@H](C)CCCC.